The van der Waals surface area contributed by atoms with E-state index in [1.165, 1.54) is 63.8 Å². The first-order chi connectivity index (χ1) is 14.1. The zero-order valence-corrected chi connectivity index (χ0v) is 18.1. The van der Waals surface area contributed by atoms with Crippen molar-refractivity contribution < 1.29 is 9.47 Å². The first-order valence-corrected chi connectivity index (χ1v) is 11.9. The van der Waals surface area contributed by atoms with E-state index in [4.69, 9.17) is 9.47 Å². The average Bonchev–Trinajstić information content (AvgIpc) is 3.20. The summed E-state index contributed by atoms with van der Waals surface area (Å²) >= 11 is 0. The molecule has 3 aliphatic heterocycles. The van der Waals surface area contributed by atoms with Crippen molar-refractivity contribution in [3.05, 3.63) is 29.8 Å². The molecule has 29 heavy (non-hydrogen) atoms. The molecule has 4 nitrogen and oxygen atoms in total. The molecule has 0 bridgehead atoms. The minimum absolute atomic E-state index is 0.254. The molecular weight excluding hydrogens is 360 g/mol. The number of nitrogens with zero attached hydrogens (tertiary/aromatic N) is 1. The lowest BCUT2D eigenvalue weighted by atomic mass is 9.80. The van der Waals surface area contributed by atoms with Crippen LogP contribution in [0.15, 0.2) is 24.3 Å². The minimum Gasteiger partial charge on any atom is -0.493 e. The Bertz CT molecular complexity index is 688. The molecule has 5 rings (SSSR count). The van der Waals surface area contributed by atoms with E-state index in [-0.39, 0.29) is 5.41 Å². The molecule has 4 fully saturated rings. The van der Waals surface area contributed by atoms with E-state index in [1.54, 1.807) is 0 Å². The van der Waals surface area contributed by atoms with Crippen LogP contribution >= 0.6 is 0 Å². The first-order valence-electron chi connectivity index (χ1n) is 11.9. The summed E-state index contributed by atoms with van der Waals surface area (Å²) in [5.74, 6) is 1.77. The molecular formula is C25H38N2O2. The maximum Gasteiger partial charge on any atom is 0.122 e. The van der Waals surface area contributed by atoms with Gasteiger partial charge in [0.05, 0.1) is 6.61 Å². The SMILES string of the molecule is CC1(COc2ccccc2C2CCN([C@@H]3CCC4(CNC4)C3)CC2)CCOCC1. The van der Waals surface area contributed by atoms with E-state index in [9.17, 15) is 0 Å². The Balaban J connectivity index is 1.18. The molecule has 0 unspecified atom stereocenters. The third kappa shape index (κ3) is 4.22. The number of piperidine rings is 1. The second-order valence-electron chi connectivity index (χ2n) is 10.6. The molecule has 1 spiro atoms. The van der Waals surface area contributed by atoms with Crippen molar-refractivity contribution in [3.8, 4) is 5.75 Å². The summed E-state index contributed by atoms with van der Waals surface area (Å²) in [6.45, 7) is 9.93. The fourth-order valence-corrected chi connectivity index (χ4v) is 6.07. The van der Waals surface area contributed by atoms with E-state index in [0.29, 0.717) is 11.3 Å². The largest absolute Gasteiger partial charge is 0.493 e. The Hall–Kier alpha value is -1.10. The molecule has 3 saturated heterocycles. The molecule has 1 atom stereocenters. The summed E-state index contributed by atoms with van der Waals surface area (Å²) in [4.78, 5) is 2.80. The molecule has 1 N–H and O–H groups in total. The molecule has 4 heteroatoms. The van der Waals surface area contributed by atoms with Gasteiger partial charge in [-0.2, -0.15) is 0 Å². The number of likely N-dealkylation sites (tertiary alicyclic amines) is 1. The highest BCUT2D eigenvalue weighted by atomic mass is 16.5. The third-order valence-corrected chi connectivity index (χ3v) is 8.36. The fourth-order valence-electron chi connectivity index (χ4n) is 6.07. The van der Waals surface area contributed by atoms with Crippen LogP contribution in [0.25, 0.3) is 0 Å². The van der Waals surface area contributed by atoms with Crippen molar-refractivity contribution in [2.24, 2.45) is 10.8 Å². The van der Waals surface area contributed by atoms with Crippen molar-refractivity contribution in [3.63, 3.8) is 0 Å². The lowest BCUT2D eigenvalue weighted by Crippen LogP contribution is -2.52. The lowest BCUT2D eigenvalue weighted by Gasteiger charge is -2.41. The predicted octanol–water partition coefficient (Wildman–Crippen LogP) is 4.20. The maximum atomic E-state index is 6.43. The Labute approximate surface area is 176 Å². The van der Waals surface area contributed by atoms with Gasteiger partial charge in [-0.1, -0.05) is 25.1 Å². The molecule has 0 aromatic heterocycles. The van der Waals surface area contributed by atoms with E-state index < -0.39 is 0 Å². The summed E-state index contributed by atoms with van der Waals surface area (Å²) in [7, 11) is 0. The predicted molar refractivity (Wildman–Crippen MR) is 117 cm³/mol. The molecule has 1 aromatic carbocycles. The third-order valence-electron chi connectivity index (χ3n) is 8.36. The van der Waals surface area contributed by atoms with E-state index in [1.807, 2.05) is 0 Å². The van der Waals surface area contributed by atoms with Gasteiger partial charge in [-0.05, 0) is 81.0 Å². The summed E-state index contributed by atoms with van der Waals surface area (Å²) in [5, 5.41) is 3.50. The van der Waals surface area contributed by atoms with Crippen molar-refractivity contribution in [2.45, 2.75) is 63.8 Å². The lowest BCUT2D eigenvalue weighted by molar-refractivity contribution is 0.00000493. The van der Waals surface area contributed by atoms with Gasteiger partial charge in [0.15, 0.2) is 0 Å². The molecule has 160 valence electrons. The minimum atomic E-state index is 0.254. The van der Waals surface area contributed by atoms with Gasteiger partial charge in [-0.25, -0.2) is 0 Å². The van der Waals surface area contributed by atoms with Crippen LogP contribution in [0.3, 0.4) is 0 Å². The molecule has 1 saturated carbocycles. The number of hydrogen-bond donors (Lipinski definition) is 1. The number of para-hydroxylation sites is 1. The van der Waals surface area contributed by atoms with Crippen LogP contribution in [-0.4, -0.2) is 56.9 Å². The molecule has 1 aromatic rings. The van der Waals surface area contributed by atoms with Crippen LogP contribution in [-0.2, 0) is 4.74 Å². The topological polar surface area (TPSA) is 33.7 Å². The van der Waals surface area contributed by atoms with Gasteiger partial charge in [0, 0.05) is 37.8 Å². The molecule has 0 radical (unpaired) electrons. The highest BCUT2D eigenvalue weighted by Gasteiger charge is 2.45. The second kappa shape index (κ2) is 8.20. The highest BCUT2D eigenvalue weighted by molar-refractivity contribution is 5.36. The number of rotatable bonds is 5. The summed E-state index contributed by atoms with van der Waals surface area (Å²) < 4.78 is 12.0. The Kier molecular flexibility index (Phi) is 5.61. The van der Waals surface area contributed by atoms with Crippen LogP contribution in [0.1, 0.15) is 63.4 Å². The van der Waals surface area contributed by atoms with Crippen LogP contribution < -0.4 is 10.1 Å². The normalized spacial score (nSPS) is 29.6. The van der Waals surface area contributed by atoms with Gasteiger partial charge in [0.25, 0.3) is 0 Å². The van der Waals surface area contributed by atoms with Crippen LogP contribution in [0.5, 0.6) is 5.75 Å². The quantitative estimate of drug-likeness (QED) is 0.806. The average molecular weight is 399 g/mol. The first kappa shape index (κ1) is 19.8. The second-order valence-corrected chi connectivity index (χ2v) is 10.6. The van der Waals surface area contributed by atoms with Gasteiger partial charge in [0.1, 0.15) is 5.75 Å². The van der Waals surface area contributed by atoms with E-state index in [2.05, 4.69) is 41.4 Å². The zero-order chi connectivity index (χ0) is 19.7. The molecule has 4 aliphatic rings. The summed E-state index contributed by atoms with van der Waals surface area (Å²) in [5.41, 5.74) is 2.35. The molecule has 1 aliphatic carbocycles. The monoisotopic (exact) mass is 398 g/mol. The van der Waals surface area contributed by atoms with Crippen molar-refractivity contribution >= 4 is 0 Å². The fraction of sp³-hybridized carbons (Fsp3) is 0.760. The summed E-state index contributed by atoms with van der Waals surface area (Å²) in [6.07, 6.45) is 9.02. The van der Waals surface area contributed by atoms with Crippen molar-refractivity contribution in [1.29, 1.82) is 0 Å². The number of benzene rings is 1. The molecule has 3 heterocycles. The molecule has 0 amide bonds. The number of ether oxygens (including phenoxy) is 2. The van der Waals surface area contributed by atoms with Crippen LogP contribution in [0.4, 0.5) is 0 Å². The maximum absolute atomic E-state index is 6.43. The van der Waals surface area contributed by atoms with Gasteiger partial charge >= 0.3 is 0 Å². The smallest absolute Gasteiger partial charge is 0.122 e. The van der Waals surface area contributed by atoms with Gasteiger partial charge in [-0.3, -0.25) is 0 Å². The van der Waals surface area contributed by atoms with E-state index in [0.717, 1.165) is 44.5 Å². The number of hydrogen-bond acceptors (Lipinski definition) is 4. The van der Waals surface area contributed by atoms with Crippen molar-refractivity contribution in [2.75, 3.05) is 46.0 Å². The van der Waals surface area contributed by atoms with Crippen LogP contribution in [0.2, 0.25) is 0 Å². The highest BCUT2D eigenvalue weighted by Crippen LogP contribution is 2.45. The Morgan fingerprint density at radius 2 is 1.83 bits per heavy atom. The van der Waals surface area contributed by atoms with Gasteiger partial charge < -0.3 is 19.7 Å². The van der Waals surface area contributed by atoms with Gasteiger partial charge in [-0.15, -0.1) is 0 Å². The van der Waals surface area contributed by atoms with Crippen molar-refractivity contribution in [1.82, 2.24) is 10.2 Å². The van der Waals surface area contributed by atoms with Gasteiger partial charge in [0.2, 0.25) is 0 Å². The standard InChI is InChI=1S/C25H38N2O2/c1-24(10-14-28-15-11-24)19-29-23-5-3-2-4-22(23)20-7-12-27(13-8-20)21-6-9-25(16-21)17-26-18-25/h2-5,20-21,26H,6-19H2,1H3/t21-/m1/s1. The van der Waals surface area contributed by atoms with E-state index >= 15 is 0 Å². The van der Waals surface area contributed by atoms with Crippen LogP contribution in [0, 0.1) is 10.8 Å². The number of nitrogens with one attached hydrogen (secondary N) is 1. The Morgan fingerprint density at radius 1 is 1.07 bits per heavy atom. The zero-order valence-electron chi connectivity index (χ0n) is 18.1. The summed E-state index contributed by atoms with van der Waals surface area (Å²) in [6, 6.07) is 9.65. The Morgan fingerprint density at radius 3 is 2.52 bits per heavy atom.